The van der Waals surface area contributed by atoms with Gasteiger partial charge in [-0.2, -0.15) is 0 Å². The van der Waals surface area contributed by atoms with Crippen LogP contribution in [0, 0.1) is 0 Å². The molecule has 1 aromatic carbocycles. The molecule has 7 heteroatoms. The van der Waals surface area contributed by atoms with Gasteiger partial charge in [0.15, 0.2) is 0 Å². The van der Waals surface area contributed by atoms with Gasteiger partial charge in [0.25, 0.3) is 0 Å². The molecule has 0 aliphatic heterocycles. The van der Waals surface area contributed by atoms with Gasteiger partial charge in [0.2, 0.25) is 0 Å². The van der Waals surface area contributed by atoms with Crippen molar-refractivity contribution in [2.45, 2.75) is 5.38 Å². The quantitative estimate of drug-likeness (QED) is 0.825. The highest BCUT2D eigenvalue weighted by atomic mass is 35.5. The average Bonchev–Trinajstić information content (AvgIpc) is 2.53. The predicted octanol–water partition coefficient (Wildman–Crippen LogP) is 1.18. The van der Waals surface area contributed by atoms with Crippen molar-refractivity contribution in [3.63, 3.8) is 0 Å². The molecule has 17 heavy (non-hydrogen) atoms. The van der Waals surface area contributed by atoms with Crippen LogP contribution < -0.4 is 5.69 Å². The molecule has 0 fully saturated rings. The highest BCUT2D eigenvalue weighted by molar-refractivity contribution is 7.90. The summed E-state index contributed by atoms with van der Waals surface area (Å²) in [6.45, 7) is 0. The molecule has 0 saturated heterocycles. The van der Waals surface area contributed by atoms with Gasteiger partial charge in [0.05, 0.1) is 22.2 Å². The summed E-state index contributed by atoms with van der Waals surface area (Å²) >= 11 is 6.02. The van der Waals surface area contributed by atoms with E-state index in [0.29, 0.717) is 16.6 Å². The van der Waals surface area contributed by atoms with Crippen LogP contribution in [0.2, 0.25) is 0 Å². The molecule has 0 spiro atoms. The van der Waals surface area contributed by atoms with E-state index >= 15 is 0 Å². The van der Waals surface area contributed by atoms with Crippen molar-refractivity contribution in [3.05, 3.63) is 34.2 Å². The predicted molar refractivity (Wildman–Crippen MR) is 67.2 cm³/mol. The molecule has 5 nitrogen and oxygen atoms in total. The normalized spacial score (nSPS) is 14.0. The molecular weight excluding hydrogens is 264 g/mol. The van der Waals surface area contributed by atoms with Crippen LogP contribution in [0.1, 0.15) is 10.9 Å². The van der Waals surface area contributed by atoms with E-state index in [-0.39, 0.29) is 11.4 Å². The van der Waals surface area contributed by atoms with Crippen LogP contribution in [0.25, 0.3) is 11.0 Å². The Morgan fingerprint density at radius 3 is 2.59 bits per heavy atom. The second-order valence-electron chi connectivity index (χ2n) is 3.94. The van der Waals surface area contributed by atoms with Gasteiger partial charge in [0.1, 0.15) is 9.84 Å². The summed E-state index contributed by atoms with van der Waals surface area (Å²) in [4.78, 5) is 16.3. The van der Waals surface area contributed by atoms with E-state index in [2.05, 4.69) is 9.97 Å². The summed E-state index contributed by atoms with van der Waals surface area (Å²) in [6.07, 6.45) is 1.14. The fourth-order valence-corrected chi connectivity index (χ4v) is 3.15. The molecule has 2 N–H and O–H groups in total. The van der Waals surface area contributed by atoms with Crippen LogP contribution in [-0.4, -0.2) is 30.4 Å². The number of H-pyrrole nitrogens is 2. The first-order valence-corrected chi connectivity index (χ1v) is 7.38. The molecule has 1 atom stereocenters. The minimum absolute atomic E-state index is 0.130. The number of hydrogen-bond acceptors (Lipinski definition) is 3. The van der Waals surface area contributed by atoms with Crippen LogP contribution in [-0.2, 0) is 9.84 Å². The van der Waals surface area contributed by atoms with Gasteiger partial charge < -0.3 is 9.97 Å². The molecule has 0 aliphatic carbocycles. The Bertz CT molecular complexity index is 702. The number of nitrogens with one attached hydrogen (secondary N) is 2. The Morgan fingerprint density at radius 2 is 1.94 bits per heavy atom. The lowest BCUT2D eigenvalue weighted by molar-refractivity contribution is 0.600. The third-order valence-corrected chi connectivity index (χ3v) is 3.88. The van der Waals surface area contributed by atoms with E-state index in [1.165, 1.54) is 0 Å². The van der Waals surface area contributed by atoms with Crippen molar-refractivity contribution in [2.24, 2.45) is 0 Å². The van der Waals surface area contributed by atoms with Crippen LogP contribution in [0.4, 0.5) is 0 Å². The van der Waals surface area contributed by atoms with Gasteiger partial charge in [-0.1, -0.05) is 6.07 Å². The summed E-state index contributed by atoms with van der Waals surface area (Å²) in [5.41, 5.74) is 1.65. The zero-order valence-electron chi connectivity index (χ0n) is 9.03. The van der Waals surface area contributed by atoms with Crippen molar-refractivity contribution >= 4 is 32.5 Å². The van der Waals surface area contributed by atoms with Crippen molar-refractivity contribution in [1.29, 1.82) is 0 Å². The summed E-state index contributed by atoms with van der Waals surface area (Å²) < 4.78 is 22.3. The molecule has 2 rings (SSSR count). The number of sulfone groups is 1. The molecule has 0 aliphatic rings. The van der Waals surface area contributed by atoms with E-state index in [9.17, 15) is 13.2 Å². The number of alkyl halides is 1. The fraction of sp³-hybridized carbons (Fsp3) is 0.300. The molecular formula is C10H11ClN2O3S. The maximum atomic E-state index is 11.1. The van der Waals surface area contributed by atoms with Gasteiger partial charge in [-0.25, -0.2) is 13.2 Å². The van der Waals surface area contributed by atoms with Crippen molar-refractivity contribution < 1.29 is 8.42 Å². The number of hydrogen-bond donors (Lipinski definition) is 2. The van der Waals surface area contributed by atoms with Gasteiger partial charge >= 0.3 is 5.69 Å². The SMILES string of the molecule is CS(=O)(=O)CC(Cl)c1ccc2[nH]c(=O)[nH]c2c1. The fourth-order valence-electron chi connectivity index (χ4n) is 1.61. The Kier molecular flexibility index (Phi) is 3.01. The number of rotatable bonds is 3. The van der Waals surface area contributed by atoms with Crippen LogP contribution in [0.3, 0.4) is 0 Å². The first kappa shape index (κ1) is 12.2. The summed E-state index contributed by atoms with van der Waals surface area (Å²) in [7, 11) is -3.13. The Balaban J connectivity index is 2.39. The Morgan fingerprint density at radius 1 is 1.29 bits per heavy atom. The van der Waals surface area contributed by atoms with E-state index in [0.717, 1.165) is 6.26 Å². The first-order valence-electron chi connectivity index (χ1n) is 4.89. The van der Waals surface area contributed by atoms with E-state index < -0.39 is 15.2 Å². The minimum Gasteiger partial charge on any atom is -0.306 e. The number of imidazole rings is 1. The topological polar surface area (TPSA) is 82.8 Å². The molecule has 0 amide bonds. The lowest BCUT2D eigenvalue weighted by Crippen LogP contribution is -2.08. The molecule has 92 valence electrons. The van der Waals surface area contributed by atoms with Crippen LogP contribution >= 0.6 is 11.6 Å². The molecule has 1 aromatic heterocycles. The first-order chi connectivity index (χ1) is 7.85. The summed E-state index contributed by atoms with van der Waals surface area (Å²) in [5, 5.41) is -0.618. The molecule has 1 unspecified atom stereocenters. The van der Waals surface area contributed by atoms with Crippen LogP contribution in [0.5, 0.6) is 0 Å². The monoisotopic (exact) mass is 274 g/mol. The smallest absolute Gasteiger partial charge is 0.306 e. The maximum Gasteiger partial charge on any atom is 0.323 e. The van der Waals surface area contributed by atoms with Gasteiger partial charge in [-0.05, 0) is 17.7 Å². The Hall–Kier alpha value is -1.27. The summed E-state index contributed by atoms with van der Waals surface area (Å²) in [6, 6.07) is 5.07. The van der Waals surface area contributed by atoms with E-state index in [1.54, 1.807) is 18.2 Å². The zero-order valence-corrected chi connectivity index (χ0v) is 10.6. The molecule has 0 bridgehead atoms. The molecule has 0 saturated carbocycles. The second-order valence-corrected chi connectivity index (χ2v) is 6.66. The number of aromatic nitrogens is 2. The minimum atomic E-state index is -3.13. The number of benzene rings is 1. The van der Waals surface area contributed by atoms with Crippen LogP contribution in [0.15, 0.2) is 23.0 Å². The third-order valence-electron chi connectivity index (χ3n) is 2.35. The summed E-state index contributed by atoms with van der Waals surface area (Å²) in [5.74, 6) is -0.130. The van der Waals surface area contributed by atoms with E-state index in [4.69, 9.17) is 11.6 Å². The molecule has 2 aromatic rings. The maximum absolute atomic E-state index is 11.1. The lowest BCUT2D eigenvalue weighted by atomic mass is 10.1. The standard InChI is InChI=1S/C10H11ClN2O3S/c1-17(15,16)5-7(11)6-2-3-8-9(4-6)13-10(14)12-8/h2-4,7H,5H2,1H3,(H2,12,13,14). The number of halogens is 1. The second kappa shape index (κ2) is 4.19. The van der Waals surface area contributed by atoms with Crippen molar-refractivity contribution in [2.75, 3.05) is 12.0 Å². The average molecular weight is 275 g/mol. The van der Waals surface area contributed by atoms with Gasteiger partial charge in [0, 0.05) is 6.26 Å². The lowest BCUT2D eigenvalue weighted by Gasteiger charge is -2.08. The molecule has 0 radical (unpaired) electrons. The highest BCUT2D eigenvalue weighted by Gasteiger charge is 2.15. The van der Waals surface area contributed by atoms with Gasteiger partial charge in [-0.3, -0.25) is 0 Å². The largest absolute Gasteiger partial charge is 0.323 e. The van der Waals surface area contributed by atoms with E-state index in [1.807, 2.05) is 0 Å². The third kappa shape index (κ3) is 2.89. The zero-order chi connectivity index (χ0) is 12.6. The Labute approximate surface area is 103 Å². The molecule has 1 heterocycles. The number of fused-ring (bicyclic) bond motifs is 1. The van der Waals surface area contributed by atoms with Gasteiger partial charge in [-0.15, -0.1) is 11.6 Å². The number of aromatic amines is 2. The van der Waals surface area contributed by atoms with Crippen molar-refractivity contribution in [1.82, 2.24) is 9.97 Å². The highest BCUT2D eigenvalue weighted by Crippen LogP contribution is 2.24. The van der Waals surface area contributed by atoms with Crippen molar-refractivity contribution in [3.8, 4) is 0 Å².